The van der Waals surface area contributed by atoms with Crippen molar-refractivity contribution in [3.05, 3.63) is 69.5 Å². The topological polar surface area (TPSA) is 138 Å². The number of fused-ring (bicyclic) bond motifs is 1. The van der Waals surface area contributed by atoms with Gasteiger partial charge in [0.2, 0.25) is 0 Å². The van der Waals surface area contributed by atoms with Crippen molar-refractivity contribution in [2.75, 3.05) is 30.9 Å². The number of carbonyl (C=O) groups is 1. The molecule has 1 aromatic heterocycles. The summed E-state index contributed by atoms with van der Waals surface area (Å²) >= 11 is 0. The van der Waals surface area contributed by atoms with Crippen LogP contribution in [-0.4, -0.2) is 71.2 Å². The molecule has 2 aliphatic rings. The highest BCUT2D eigenvalue weighted by atomic mass is 32.2. The fourth-order valence-electron chi connectivity index (χ4n) is 5.85. The van der Waals surface area contributed by atoms with Crippen molar-refractivity contribution < 1.29 is 26.7 Å². The molecule has 0 saturated carbocycles. The van der Waals surface area contributed by atoms with Gasteiger partial charge in [0, 0.05) is 44.7 Å². The van der Waals surface area contributed by atoms with E-state index in [-0.39, 0.29) is 54.4 Å². The number of amides is 1. The molecule has 3 heterocycles. The van der Waals surface area contributed by atoms with E-state index in [4.69, 9.17) is 4.74 Å². The number of aromatic nitrogens is 2. The summed E-state index contributed by atoms with van der Waals surface area (Å²) in [6, 6.07) is 9.10. The number of ether oxygens (including phenoxy) is 1. The zero-order chi connectivity index (χ0) is 33.2. The highest BCUT2D eigenvalue weighted by molar-refractivity contribution is 7.90. The molecule has 246 valence electrons. The second-order valence-electron chi connectivity index (χ2n) is 12.9. The number of hydrogen-bond donors (Lipinski definition) is 1. The Bertz CT molecular complexity index is 1830. The summed E-state index contributed by atoms with van der Waals surface area (Å²) in [5.41, 5.74) is -0.136. The highest BCUT2D eigenvalue weighted by Gasteiger charge is 2.32. The standard InChI is InChI=1S/C32H38F2N6O5S/c1-32(2,3)45-31(42)38-12-8-21(9-13-38)10-14-39-20-36-28-6-4-22(17-25(28)30(39)41)16-24-26(18-35)29(7-5-27(24)34)37-46(43,44)40-15-11-23(33)19-40/h4-7,17,20-21,23,37H,8-16,19H2,1-3H3/t23-/m1/s1. The van der Waals surface area contributed by atoms with Gasteiger partial charge in [-0.25, -0.2) is 18.6 Å². The number of anilines is 1. The van der Waals surface area contributed by atoms with E-state index in [0.717, 1.165) is 29.6 Å². The number of likely N-dealkylation sites (tertiary alicyclic amines) is 1. The van der Waals surface area contributed by atoms with Crippen LogP contribution in [0.15, 0.2) is 41.5 Å². The van der Waals surface area contributed by atoms with Crippen molar-refractivity contribution in [2.45, 2.75) is 71.2 Å². The van der Waals surface area contributed by atoms with Gasteiger partial charge in [0.25, 0.3) is 5.56 Å². The first-order valence-electron chi connectivity index (χ1n) is 15.3. The van der Waals surface area contributed by atoms with Crippen LogP contribution >= 0.6 is 0 Å². The van der Waals surface area contributed by atoms with Gasteiger partial charge < -0.3 is 9.64 Å². The van der Waals surface area contributed by atoms with Gasteiger partial charge in [-0.15, -0.1) is 0 Å². The van der Waals surface area contributed by atoms with E-state index in [9.17, 15) is 27.7 Å². The first-order chi connectivity index (χ1) is 21.7. The molecular formula is C32H38F2N6O5S. The number of carbonyl (C=O) groups excluding carboxylic acids is 1. The van der Waals surface area contributed by atoms with Crippen LogP contribution < -0.4 is 10.3 Å². The summed E-state index contributed by atoms with van der Waals surface area (Å²) in [7, 11) is -4.15. The zero-order valence-electron chi connectivity index (χ0n) is 26.1. The van der Waals surface area contributed by atoms with E-state index < -0.39 is 27.8 Å². The Morgan fingerprint density at radius 3 is 2.54 bits per heavy atom. The predicted molar refractivity (Wildman–Crippen MR) is 169 cm³/mol. The summed E-state index contributed by atoms with van der Waals surface area (Å²) in [6.45, 7) is 6.85. The maximum atomic E-state index is 15.1. The number of nitrogens with zero attached hydrogens (tertiary/aromatic N) is 5. The molecule has 46 heavy (non-hydrogen) atoms. The molecule has 1 N–H and O–H groups in total. The van der Waals surface area contributed by atoms with Gasteiger partial charge in [0.1, 0.15) is 23.7 Å². The summed E-state index contributed by atoms with van der Waals surface area (Å²) in [6.07, 6.45) is 2.25. The van der Waals surface area contributed by atoms with Gasteiger partial charge in [0.15, 0.2) is 0 Å². The summed E-state index contributed by atoms with van der Waals surface area (Å²) in [5, 5.41) is 10.2. The van der Waals surface area contributed by atoms with Crippen molar-refractivity contribution >= 4 is 32.9 Å². The average Bonchev–Trinajstić information content (AvgIpc) is 3.45. The maximum absolute atomic E-state index is 15.1. The Balaban J connectivity index is 1.29. The summed E-state index contributed by atoms with van der Waals surface area (Å²) in [5.74, 6) is -0.375. The number of piperidine rings is 1. The predicted octanol–water partition coefficient (Wildman–Crippen LogP) is 4.74. The number of halogens is 2. The first-order valence-corrected chi connectivity index (χ1v) is 16.8. The number of nitriles is 1. The van der Waals surface area contributed by atoms with Gasteiger partial charge in [-0.3, -0.25) is 14.1 Å². The van der Waals surface area contributed by atoms with Crippen LogP contribution in [0.1, 0.15) is 63.1 Å². The van der Waals surface area contributed by atoms with Crippen molar-refractivity contribution in [3.63, 3.8) is 0 Å². The minimum atomic E-state index is -4.15. The third-order valence-electron chi connectivity index (χ3n) is 8.35. The van der Waals surface area contributed by atoms with Gasteiger partial charge in [-0.1, -0.05) is 6.07 Å². The molecule has 2 saturated heterocycles. The fraction of sp³-hybridized carbons (Fsp3) is 0.500. The number of nitrogens with one attached hydrogen (secondary N) is 1. The van der Waals surface area contributed by atoms with Crippen molar-refractivity contribution in [2.24, 2.45) is 5.92 Å². The molecule has 2 aliphatic heterocycles. The third-order valence-corrected chi connectivity index (χ3v) is 9.84. The number of rotatable bonds is 8. The average molecular weight is 657 g/mol. The molecular weight excluding hydrogens is 618 g/mol. The molecule has 0 spiro atoms. The Hall–Kier alpha value is -4.09. The quantitative estimate of drug-likeness (QED) is 0.370. The molecule has 2 aromatic carbocycles. The summed E-state index contributed by atoms with van der Waals surface area (Å²) in [4.78, 5) is 32.0. The molecule has 1 atom stereocenters. The van der Waals surface area contributed by atoms with Crippen LogP contribution in [0, 0.1) is 23.1 Å². The van der Waals surface area contributed by atoms with Crippen LogP contribution in [0.5, 0.6) is 0 Å². The van der Waals surface area contributed by atoms with Crippen LogP contribution in [-0.2, 0) is 27.9 Å². The van der Waals surface area contributed by atoms with Gasteiger partial charge >= 0.3 is 16.3 Å². The lowest BCUT2D eigenvalue weighted by atomic mass is 9.93. The maximum Gasteiger partial charge on any atom is 0.410 e. The number of aryl methyl sites for hydroxylation is 1. The van der Waals surface area contributed by atoms with Gasteiger partial charge in [0.05, 0.1) is 28.5 Å². The zero-order valence-corrected chi connectivity index (χ0v) is 26.9. The SMILES string of the molecule is CC(C)(C)OC(=O)N1CCC(CCn2cnc3ccc(Cc4c(F)ccc(NS(=O)(=O)N5CC[C@@H](F)C5)c4C#N)cc3c2=O)CC1. The van der Waals surface area contributed by atoms with E-state index >= 15 is 4.39 Å². The normalized spacial score (nSPS) is 18.1. The molecule has 0 unspecified atom stereocenters. The highest BCUT2D eigenvalue weighted by Crippen LogP contribution is 2.28. The molecule has 0 bridgehead atoms. The van der Waals surface area contributed by atoms with Crippen LogP contribution in [0.25, 0.3) is 10.9 Å². The Morgan fingerprint density at radius 1 is 1.15 bits per heavy atom. The molecule has 0 aliphatic carbocycles. The summed E-state index contributed by atoms with van der Waals surface area (Å²) < 4.78 is 64.6. The van der Waals surface area contributed by atoms with Crippen molar-refractivity contribution in [1.29, 1.82) is 5.26 Å². The van der Waals surface area contributed by atoms with E-state index in [0.29, 0.717) is 42.0 Å². The smallest absolute Gasteiger partial charge is 0.410 e. The molecule has 1 amide bonds. The minimum Gasteiger partial charge on any atom is -0.444 e. The number of benzene rings is 2. The number of hydrogen-bond acceptors (Lipinski definition) is 7. The monoisotopic (exact) mass is 656 g/mol. The molecule has 5 rings (SSSR count). The third kappa shape index (κ3) is 7.64. The Labute approximate surface area is 267 Å². The second kappa shape index (κ2) is 13.3. The van der Waals surface area contributed by atoms with Crippen LogP contribution in [0.3, 0.4) is 0 Å². The van der Waals surface area contributed by atoms with E-state index in [1.807, 2.05) is 26.8 Å². The van der Waals surface area contributed by atoms with E-state index in [2.05, 4.69) is 9.71 Å². The Morgan fingerprint density at radius 2 is 1.89 bits per heavy atom. The number of alkyl halides is 1. The first kappa shape index (κ1) is 33.3. The second-order valence-corrected chi connectivity index (χ2v) is 14.6. The lowest BCUT2D eigenvalue weighted by Crippen LogP contribution is -2.41. The molecule has 0 radical (unpaired) electrons. The lowest BCUT2D eigenvalue weighted by molar-refractivity contribution is 0.0179. The van der Waals surface area contributed by atoms with E-state index in [1.54, 1.807) is 27.7 Å². The molecule has 11 nitrogen and oxygen atoms in total. The molecule has 14 heteroatoms. The van der Waals surface area contributed by atoms with Gasteiger partial charge in [-0.05, 0) is 82.2 Å². The van der Waals surface area contributed by atoms with Gasteiger partial charge in [-0.2, -0.15) is 18.0 Å². The largest absolute Gasteiger partial charge is 0.444 e. The van der Waals surface area contributed by atoms with Crippen molar-refractivity contribution in [3.8, 4) is 6.07 Å². The van der Waals surface area contributed by atoms with Crippen LogP contribution in [0.2, 0.25) is 0 Å². The van der Waals surface area contributed by atoms with Crippen molar-refractivity contribution in [1.82, 2.24) is 18.8 Å². The Kier molecular flexibility index (Phi) is 9.65. The fourth-order valence-corrected chi connectivity index (χ4v) is 7.13. The lowest BCUT2D eigenvalue weighted by Gasteiger charge is -2.33. The van der Waals surface area contributed by atoms with E-state index in [1.165, 1.54) is 12.4 Å². The van der Waals surface area contributed by atoms with Crippen LogP contribution in [0.4, 0.5) is 19.3 Å². The molecule has 2 fully saturated rings. The molecule has 3 aromatic rings. The minimum absolute atomic E-state index is 0.00243.